The zero-order chi connectivity index (χ0) is 13.4. The van der Waals surface area contributed by atoms with E-state index < -0.39 is 35.5 Å². The van der Waals surface area contributed by atoms with Gasteiger partial charge in [-0.05, 0) is 18.2 Å². The molecule has 96 valence electrons. The quantitative estimate of drug-likeness (QED) is 0.647. The van der Waals surface area contributed by atoms with Crippen molar-refractivity contribution in [1.82, 2.24) is 0 Å². The van der Waals surface area contributed by atoms with Gasteiger partial charge >= 0.3 is 12.4 Å². The molecule has 17 heavy (non-hydrogen) atoms. The van der Waals surface area contributed by atoms with E-state index >= 15 is 0 Å². The molecule has 0 bridgehead atoms. The van der Waals surface area contributed by atoms with Gasteiger partial charge in [0.05, 0.1) is 11.1 Å². The molecule has 1 aromatic carbocycles. The molecule has 8 heteroatoms. The second kappa shape index (κ2) is 4.15. The van der Waals surface area contributed by atoms with Crippen molar-refractivity contribution in [2.45, 2.75) is 18.8 Å². The average molecular weight is 264 g/mol. The first-order valence-corrected chi connectivity index (χ1v) is 4.09. The van der Waals surface area contributed by atoms with E-state index in [0.717, 1.165) is 0 Å². The molecule has 0 aliphatic carbocycles. The summed E-state index contributed by atoms with van der Waals surface area (Å²) in [5.41, 5.74) is -4.81. The van der Waals surface area contributed by atoms with Gasteiger partial charge in [0.25, 0.3) is 6.43 Å². The first-order chi connectivity index (χ1) is 7.51. The molecule has 0 aliphatic heterocycles. The van der Waals surface area contributed by atoms with Crippen LogP contribution in [-0.4, -0.2) is 0 Å². The van der Waals surface area contributed by atoms with Crippen molar-refractivity contribution in [3.63, 3.8) is 0 Å². The van der Waals surface area contributed by atoms with Crippen molar-refractivity contribution in [1.29, 1.82) is 0 Å². The molecule has 0 N–H and O–H groups in total. The monoisotopic (exact) mass is 264 g/mol. The second-order valence-electron chi connectivity index (χ2n) is 3.14. The van der Waals surface area contributed by atoms with Crippen LogP contribution in [0.2, 0.25) is 0 Å². The summed E-state index contributed by atoms with van der Waals surface area (Å²) < 4.78 is 97.5. The predicted molar refractivity (Wildman–Crippen MR) is 41.4 cm³/mol. The molecule has 0 aliphatic rings. The summed E-state index contributed by atoms with van der Waals surface area (Å²) in [5.74, 6) is 0. The summed E-state index contributed by atoms with van der Waals surface area (Å²) in [6, 6.07) is -0.203. The third kappa shape index (κ3) is 3.31. The summed E-state index contributed by atoms with van der Waals surface area (Å²) in [5, 5.41) is 0. The van der Waals surface area contributed by atoms with E-state index in [0.29, 0.717) is 0 Å². The van der Waals surface area contributed by atoms with Crippen LogP contribution < -0.4 is 0 Å². The normalized spacial score (nSPS) is 13.2. The number of hydrogen-bond acceptors (Lipinski definition) is 0. The molecule has 0 saturated heterocycles. The third-order valence-electron chi connectivity index (χ3n) is 1.86. The highest BCUT2D eigenvalue weighted by molar-refractivity contribution is 5.34. The van der Waals surface area contributed by atoms with Crippen LogP contribution in [0.5, 0.6) is 0 Å². The Morgan fingerprint density at radius 1 is 0.706 bits per heavy atom. The molecule has 0 atom stereocenters. The van der Waals surface area contributed by atoms with Crippen molar-refractivity contribution in [3.05, 3.63) is 34.9 Å². The minimum atomic E-state index is -5.11. The fourth-order valence-electron chi connectivity index (χ4n) is 1.10. The summed E-state index contributed by atoms with van der Waals surface area (Å²) >= 11 is 0. The molecule has 1 aromatic rings. The number of alkyl halides is 8. The van der Waals surface area contributed by atoms with Crippen LogP contribution in [0.15, 0.2) is 18.2 Å². The van der Waals surface area contributed by atoms with Crippen LogP contribution in [0.1, 0.15) is 23.1 Å². The number of halogens is 8. The SMILES string of the molecule is FC(F)c1cc(C(F)(F)F)cc(C(F)(F)F)c1. The Morgan fingerprint density at radius 2 is 1.06 bits per heavy atom. The predicted octanol–water partition coefficient (Wildman–Crippen LogP) is 4.66. The Morgan fingerprint density at radius 3 is 1.29 bits per heavy atom. The summed E-state index contributed by atoms with van der Waals surface area (Å²) in [6.45, 7) is 0. The van der Waals surface area contributed by atoms with Crippen LogP contribution in [0.3, 0.4) is 0 Å². The lowest BCUT2D eigenvalue weighted by molar-refractivity contribution is -0.143. The van der Waals surface area contributed by atoms with Gasteiger partial charge in [-0.3, -0.25) is 0 Å². The van der Waals surface area contributed by atoms with Gasteiger partial charge in [-0.2, -0.15) is 26.3 Å². The lowest BCUT2D eigenvalue weighted by Gasteiger charge is -2.13. The highest BCUT2D eigenvalue weighted by Crippen LogP contribution is 2.38. The van der Waals surface area contributed by atoms with Gasteiger partial charge in [0.1, 0.15) is 0 Å². The highest BCUT2D eigenvalue weighted by Gasteiger charge is 2.37. The standard InChI is InChI=1S/C9H4F8/c10-7(11)4-1-5(8(12,13)14)3-6(2-4)9(15,16)17/h1-3,7H. The largest absolute Gasteiger partial charge is 0.416 e. The fraction of sp³-hybridized carbons (Fsp3) is 0.333. The number of rotatable bonds is 1. The molecule has 0 unspecified atom stereocenters. The molecule has 0 fully saturated rings. The van der Waals surface area contributed by atoms with Crippen molar-refractivity contribution in [2.75, 3.05) is 0 Å². The van der Waals surface area contributed by atoms with E-state index in [1.165, 1.54) is 0 Å². The summed E-state index contributed by atoms with van der Waals surface area (Å²) in [4.78, 5) is 0. The number of benzene rings is 1. The maximum atomic E-state index is 12.2. The Bertz CT molecular complexity index is 368. The maximum absolute atomic E-state index is 12.2. The van der Waals surface area contributed by atoms with E-state index in [1.807, 2.05) is 0 Å². The molecule has 0 radical (unpaired) electrons. The Labute approximate surface area is 89.9 Å². The highest BCUT2D eigenvalue weighted by atomic mass is 19.4. The van der Waals surface area contributed by atoms with Crippen LogP contribution in [-0.2, 0) is 12.4 Å². The van der Waals surface area contributed by atoms with Crippen LogP contribution in [0, 0.1) is 0 Å². The first kappa shape index (κ1) is 13.7. The van der Waals surface area contributed by atoms with Gasteiger partial charge < -0.3 is 0 Å². The van der Waals surface area contributed by atoms with Gasteiger partial charge in [-0.25, -0.2) is 8.78 Å². The summed E-state index contributed by atoms with van der Waals surface area (Å²) in [6.07, 6.45) is -13.6. The van der Waals surface area contributed by atoms with E-state index in [4.69, 9.17) is 0 Å². The Balaban J connectivity index is 3.40. The minimum absolute atomic E-state index is 0.0000926. The molecule has 0 saturated carbocycles. The van der Waals surface area contributed by atoms with Crippen molar-refractivity contribution < 1.29 is 35.1 Å². The van der Waals surface area contributed by atoms with Crippen molar-refractivity contribution in [2.24, 2.45) is 0 Å². The van der Waals surface area contributed by atoms with Gasteiger partial charge in [0, 0.05) is 5.56 Å². The molecule has 1 rings (SSSR count). The zero-order valence-corrected chi connectivity index (χ0v) is 7.83. The number of hydrogen-bond donors (Lipinski definition) is 0. The van der Waals surface area contributed by atoms with E-state index in [9.17, 15) is 35.1 Å². The molecular formula is C9H4F8. The van der Waals surface area contributed by atoms with Gasteiger partial charge in [-0.1, -0.05) is 0 Å². The van der Waals surface area contributed by atoms with Crippen LogP contribution in [0.25, 0.3) is 0 Å². The van der Waals surface area contributed by atoms with E-state index in [-0.39, 0.29) is 18.2 Å². The van der Waals surface area contributed by atoms with Crippen LogP contribution in [0.4, 0.5) is 35.1 Å². The molecule has 0 aromatic heterocycles. The maximum Gasteiger partial charge on any atom is 0.416 e. The third-order valence-corrected chi connectivity index (χ3v) is 1.86. The van der Waals surface area contributed by atoms with Gasteiger partial charge in [-0.15, -0.1) is 0 Å². The van der Waals surface area contributed by atoms with Gasteiger partial charge in [0.2, 0.25) is 0 Å². The van der Waals surface area contributed by atoms with Gasteiger partial charge in [0.15, 0.2) is 0 Å². The lowest BCUT2D eigenvalue weighted by atomic mass is 10.1. The molecule has 0 amide bonds. The zero-order valence-electron chi connectivity index (χ0n) is 7.83. The topological polar surface area (TPSA) is 0 Å². The first-order valence-electron chi connectivity index (χ1n) is 4.09. The van der Waals surface area contributed by atoms with E-state index in [2.05, 4.69) is 0 Å². The van der Waals surface area contributed by atoms with Crippen LogP contribution >= 0.6 is 0 Å². The molecule has 0 spiro atoms. The fourth-order valence-corrected chi connectivity index (χ4v) is 1.10. The van der Waals surface area contributed by atoms with Crippen molar-refractivity contribution >= 4 is 0 Å². The Kier molecular flexibility index (Phi) is 3.35. The second-order valence-corrected chi connectivity index (χ2v) is 3.14. The minimum Gasteiger partial charge on any atom is -0.205 e. The molecular weight excluding hydrogens is 260 g/mol. The summed E-state index contributed by atoms with van der Waals surface area (Å²) in [7, 11) is 0. The molecule has 0 nitrogen and oxygen atoms in total. The lowest BCUT2D eigenvalue weighted by Crippen LogP contribution is -2.11. The van der Waals surface area contributed by atoms with E-state index in [1.54, 1.807) is 0 Å². The average Bonchev–Trinajstić information content (AvgIpc) is 2.14. The van der Waals surface area contributed by atoms with Crippen molar-refractivity contribution in [3.8, 4) is 0 Å². The molecule has 0 heterocycles. The Hall–Kier alpha value is -1.34. The smallest absolute Gasteiger partial charge is 0.205 e.